The summed E-state index contributed by atoms with van der Waals surface area (Å²) >= 11 is 0. The number of hydrogen-bond donors (Lipinski definition) is 2. The lowest BCUT2D eigenvalue weighted by molar-refractivity contribution is -0.135. The van der Waals surface area contributed by atoms with Gasteiger partial charge < -0.3 is 10.0 Å². The van der Waals surface area contributed by atoms with Crippen molar-refractivity contribution >= 4 is 5.91 Å². The van der Waals surface area contributed by atoms with Crippen molar-refractivity contribution in [2.24, 2.45) is 0 Å². The first-order valence-corrected chi connectivity index (χ1v) is 7.67. The molecule has 0 aromatic carbocycles. The maximum absolute atomic E-state index is 12.7. The van der Waals surface area contributed by atoms with E-state index in [9.17, 15) is 9.90 Å². The van der Waals surface area contributed by atoms with Crippen LogP contribution in [-0.2, 0) is 10.4 Å². The van der Waals surface area contributed by atoms with E-state index in [1.807, 2.05) is 6.92 Å². The van der Waals surface area contributed by atoms with Crippen molar-refractivity contribution in [2.75, 3.05) is 13.1 Å². The quantitative estimate of drug-likeness (QED) is 0.809. The summed E-state index contributed by atoms with van der Waals surface area (Å²) in [5.41, 5.74) is 1.60. The molecule has 1 amide bonds. The predicted octanol–water partition coefficient (Wildman–Crippen LogP) is 1.51. The second-order valence-electron chi connectivity index (χ2n) is 6.15. The number of nitrogens with zero attached hydrogens (tertiary/aromatic N) is 3. The number of rotatable bonds is 2. The summed E-state index contributed by atoms with van der Waals surface area (Å²) < 4.78 is 0. The minimum Gasteiger partial charge on any atom is -0.382 e. The van der Waals surface area contributed by atoms with Gasteiger partial charge in [-0.25, -0.2) is 0 Å². The summed E-state index contributed by atoms with van der Waals surface area (Å²) in [5.74, 6) is 0.0634. The van der Waals surface area contributed by atoms with Gasteiger partial charge in [-0.2, -0.15) is 15.4 Å². The smallest absolute Gasteiger partial charge is 0.249 e. The maximum atomic E-state index is 12.7. The Labute approximate surface area is 124 Å². The highest BCUT2D eigenvalue weighted by atomic mass is 16.3. The summed E-state index contributed by atoms with van der Waals surface area (Å²) in [5, 5.41) is 21.0. The second kappa shape index (κ2) is 5.60. The Balaban J connectivity index is 1.77. The van der Waals surface area contributed by atoms with Crippen LogP contribution in [0.25, 0.3) is 0 Å². The standard InChI is InChI=1S/C15H22N4O2/c1-11(12-5-2-3-6-12)14(20)19-8-4-7-15(21,10-19)13-9-16-18-17-13/h9,21H,2-8,10H2,1H3,(H,16,17,18)/t15-/m0/s1. The van der Waals surface area contributed by atoms with E-state index in [1.165, 1.54) is 24.6 Å². The monoisotopic (exact) mass is 290 g/mol. The molecule has 6 nitrogen and oxygen atoms in total. The molecule has 2 fully saturated rings. The minimum atomic E-state index is -1.08. The highest BCUT2D eigenvalue weighted by molar-refractivity contribution is 5.93. The van der Waals surface area contributed by atoms with E-state index in [-0.39, 0.29) is 5.91 Å². The van der Waals surface area contributed by atoms with Gasteiger partial charge in [-0.1, -0.05) is 5.57 Å². The zero-order valence-electron chi connectivity index (χ0n) is 12.4. The lowest BCUT2D eigenvalue weighted by Gasteiger charge is -2.38. The number of hydrogen-bond acceptors (Lipinski definition) is 4. The Morgan fingerprint density at radius 2 is 2.14 bits per heavy atom. The summed E-state index contributed by atoms with van der Waals surface area (Å²) in [6, 6.07) is 0. The van der Waals surface area contributed by atoms with Gasteiger partial charge in [0.15, 0.2) is 0 Å². The molecule has 1 aliphatic heterocycles. The van der Waals surface area contributed by atoms with Crippen LogP contribution in [0.1, 0.15) is 51.1 Å². The molecule has 1 aromatic rings. The SMILES string of the molecule is CC(C(=O)N1CCC[C@@](O)(c2cn[nH]n2)C1)=C1CCCC1. The molecule has 1 aromatic heterocycles. The molecule has 2 N–H and O–H groups in total. The van der Waals surface area contributed by atoms with Gasteiger partial charge >= 0.3 is 0 Å². The Bertz CT molecular complexity index is 544. The number of piperidine rings is 1. The number of likely N-dealkylation sites (tertiary alicyclic amines) is 1. The van der Waals surface area contributed by atoms with Gasteiger partial charge in [0.25, 0.3) is 0 Å². The van der Waals surface area contributed by atoms with E-state index in [1.54, 1.807) is 4.90 Å². The molecule has 1 atom stereocenters. The average molecular weight is 290 g/mol. The number of aromatic nitrogens is 3. The summed E-state index contributed by atoms with van der Waals surface area (Å²) in [4.78, 5) is 14.4. The Morgan fingerprint density at radius 1 is 1.38 bits per heavy atom. The maximum Gasteiger partial charge on any atom is 0.249 e. The fourth-order valence-corrected chi connectivity index (χ4v) is 3.41. The molecule has 2 heterocycles. The molecule has 21 heavy (non-hydrogen) atoms. The van der Waals surface area contributed by atoms with Gasteiger partial charge in [-0.15, -0.1) is 0 Å². The summed E-state index contributed by atoms with van der Waals surface area (Å²) in [7, 11) is 0. The van der Waals surface area contributed by atoms with Gasteiger partial charge in [0.2, 0.25) is 5.91 Å². The number of aromatic amines is 1. The number of β-amino-alcohol motifs (C(OH)–C–C–N with tert-alkyl or cyclic N) is 1. The number of carbonyl (C=O) groups is 1. The number of nitrogens with one attached hydrogen (secondary N) is 1. The second-order valence-corrected chi connectivity index (χ2v) is 6.15. The van der Waals surface area contributed by atoms with Crippen molar-refractivity contribution < 1.29 is 9.90 Å². The van der Waals surface area contributed by atoms with Crippen molar-refractivity contribution in [1.29, 1.82) is 0 Å². The van der Waals surface area contributed by atoms with Crippen molar-refractivity contribution in [1.82, 2.24) is 20.3 Å². The van der Waals surface area contributed by atoms with Crippen molar-refractivity contribution in [2.45, 2.75) is 51.0 Å². The zero-order chi connectivity index (χ0) is 14.9. The highest BCUT2D eigenvalue weighted by Crippen LogP contribution is 2.32. The van der Waals surface area contributed by atoms with Crippen LogP contribution in [0.4, 0.5) is 0 Å². The molecule has 0 bridgehead atoms. The molecule has 114 valence electrons. The first kappa shape index (κ1) is 14.3. The van der Waals surface area contributed by atoms with E-state index in [0.29, 0.717) is 25.2 Å². The largest absolute Gasteiger partial charge is 0.382 e. The molecule has 3 rings (SSSR count). The van der Waals surface area contributed by atoms with Gasteiger partial charge in [0.1, 0.15) is 11.3 Å². The average Bonchev–Trinajstić information content (AvgIpc) is 3.18. The molecular formula is C15H22N4O2. The highest BCUT2D eigenvalue weighted by Gasteiger charge is 2.39. The fraction of sp³-hybridized carbons (Fsp3) is 0.667. The van der Waals surface area contributed by atoms with Crippen LogP contribution < -0.4 is 0 Å². The van der Waals surface area contributed by atoms with Gasteiger partial charge in [-0.3, -0.25) is 4.79 Å². The molecule has 1 saturated carbocycles. The van der Waals surface area contributed by atoms with Crippen LogP contribution in [0, 0.1) is 0 Å². The van der Waals surface area contributed by atoms with Crippen molar-refractivity contribution in [3.8, 4) is 0 Å². The molecule has 0 spiro atoms. The number of H-pyrrole nitrogens is 1. The van der Waals surface area contributed by atoms with E-state index < -0.39 is 5.60 Å². The van der Waals surface area contributed by atoms with E-state index in [2.05, 4.69) is 15.4 Å². The van der Waals surface area contributed by atoms with Crippen molar-refractivity contribution in [3.63, 3.8) is 0 Å². The van der Waals surface area contributed by atoms with Crippen molar-refractivity contribution in [3.05, 3.63) is 23.0 Å². The third-order valence-corrected chi connectivity index (χ3v) is 4.71. The van der Waals surface area contributed by atoms with E-state index >= 15 is 0 Å². The van der Waals surface area contributed by atoms with Crippen LogP contribution in [-0.4, -0.2) is 44.4 Å². The number of amides is 1. The summed E-state index contributed by atoms with van der Waals surface area (Å²) in [6.45, 7) is 2.92. The molecule has 1 aliphatic carbocycles. The first-order valence-electron chi connectivity index (χ1n) is 7.67. The molecule has 0 unspecified atom stereocenters. The normalized spacial score (nSPS) is 26.2. The molecule has 6 heteroatoms. The van der Waals surface area contributed by atoms with E-state index in [0.717, 1.165) is 24.8 Å². The Morgan fingerprint density at radius 3 is 2.81 bits per heavy atom. The van der Waals surface area contributed by atoms with Crippen LogP contribution in [0.3, 0.4) is 0 Å². The fourth-order valence-electron chi connectivity index (χ4n) is 3.41. The predicted molar refractivity (Wildman–Crippen MR) is 77.3 cm³/mol. The number of aliphatic hydroxyl groups is 1. The third kappa shape index (κ3) is 2.72. The lowest BCUT2D eigenvalue weighted by Crippen LogP contribution is -2.49. The Hall–Kier alpha value is -1.69. The topological polar surface area (TPSA) is 82.1 Å². The zero-order valence-corrected chi connectivity index (χ0v) is 12.4. The summed E-state index contributed by atoms with van der Waals surface area (Å²) in [6.07, 6.45) is 7.37. The van der Waals surface area contributed by atoms with Gasteiger partial charge in [0, 0.05) is 12.1 Å². The number of carbonyl (C=O) groups excluding carboxylic acids is 1. The molecular weight excluding hydrogens is 268 g/mol. The Kier molecular flexibility index (Phi) is 3.80. The van der Waals surface area contributed by atoms with Crippen LogP contribution in [0.5, 0.6) is 0 Å². The molecule has 0 radical (unpaired) electrons. The number of allylic oxidation sites excluding steroid dienone is 1. The van der Waals surface area contributed by atoms with Crippen LogP contribution in [0.2, 0.25) is 0 Å². The molecule has 2 aliphatic rings. The van der Waals surface area contributed by atoms with Crippen LogP contribution >= 0.6 is 0 Å². The minimum absolute atomic E-state index is 0.0634. The van der Waals surface area contributed by atoms with Gasteiger partial charge in [0.05, 0.1) is 12.7 Å². The molecule has 1 saturated heterocycles. The van der Waals surface area contributed by atoms with E-state index in [4.69, 9.17) is 0 Å². The third-order valence-electron chi connectivity index (χ3n) is 4.71. The van der Waals surface area contributed by atoms with Gasteiger partial charge in [-0.05, 0) is 45.4 Å². The van der Waals surface area contributed by atoms with Crippen LogP contribution in [0.15, 0.2) is 17.3 Å². The first-order chi connectivity index (χ1) is 10.1. The lowest BCUT2D eigenvalue weighted by atomic mass is 9.89.